The zero-order valence-corrected chi connectivity index (χ0v) is 13.4. The third-order valence-electron chi connectivity index (χ3n) is 5.47. The number of rotatable bonds is 9. The van der Waals surface area contributed by atoms with Crippen LogP contribution in [0.4, 0.5) is 0 Å². The lowest BCUT2D eigenvalue weighted by molar-refractivity contribution is 0.150. The van der Waals surface area contributed by atoms with Crippen LogP contribution in [0.2, 0.25) is 0 Å². The van der Waals surface area contributed by atoms with E-state index in [0.29, 0.717) is 5.41 Å². The van der Waals surface area contributed by atoms with Crippen molar-refractivity contribution in [2.45, 2.75) is 71.8 Å². The highest BCUT2D eigenvalue weighted by Crippen LogP contribution is 2.32. The quantitative estimate of drug-likeness (QED) is 0.685. The largest absolute Gasteiger partial charge is 0.313 e. The molecule has 1 unspecified atom stereocenters. The number of nitrogens with one attached hydrogen (secondary N) is 1. The van der Waals surface area contributed by atoms with Crippen molar-refractivity contribution in [2.75, 3.05) is 26.2 Å². The van der Waals surface area contributed by atoms with Gasteiger partial charge in [0.25, 0.3) is 0 Å². The minimum Gasteiger partial charge on any atom is -0.313 e. The van der Waals surface area contributed by atoms with E-state index >= 15 is 0 Å². The Morgan fingerprint density at radius 3 is 2.42 bits per heavy atom. The van der Waals surface area contributed by atoms with Gasteiger partial charge in [-0.25, -0.2) is 0 Å². The Morgan fingerprint density at radius 1 is 1.11 bits per heavy atom. The summed E-state index contributed by atoms with van der Waals surface area (Å²) in [4.78, 5) is 2.75. The van der Waals surface area contributed by atoms with Gasteiger partial charge < -0.3 is 10.2 Å². The minimum absolute atomic E-state index is 0.518. The van der Waals surface area contributed by atoms with E-state index in [1.165, 1.54) is 71.1 Å². The Bertz CT molecular complexity index is 256. The molecule has 0 bridgehead atoms. The van der Waals surface area contributed by atoms with Gasteiger partial charge in [-0.15, -0.1) is 0 Å². The van der Waals surface area contributed by atoms with Gasteiger partial charge in [0.1, 0.15) is 0 Å². The van der Waals surface area contributed by atoms with Gasteiger partial charge in [-0.3, -0.25) is 0 Å². The molecule has 0 amide bonds. The monoisotopic (exact) mass is 266 g/mol. The van der Waals surface area contributed by atoms with Crippen LogP contribution in [0.3, 0.4) is 0 Å². The van der Waals surface area contributed by atoms with E-state index in [4.69, 9.17) is 0 Å². The van der Waals surface area contributed by atoms with Gasteiger partial charge >= 0.3 is 0 Å². The van der Waals surface area contributed by atoms with Crippen LogP contribution >= 0.6 is 0 Å². The van der Waals surface area contributed by atoms with Crippen LogP contribution in [0.1, 0.15) is 65.7 Å². The van der Waals surface area contributed by atoms with Crippen LogP contribution in [0, 0.1) is 11.3 Å². The molecule has 0 aromatic carbocycles. The topological polar surface area (TPSA) is 15.3 Å². The zero-order valence-electron chi connectivity index (χ0n) is 13.4. The van der Waals surface area contributed by atoms with Gasteiger partial charge in [0, 0.05) is 25.7 Å². The van der Waals surface area contributed by atoms with Crippen molar-refractivity contribution in [3.8, 4) is 0 Å². The molecule has 2 aliphatic rings. The van der Waals surface area contributed by atoms with Crippen molar-refractivity contribution in [2.24, 2.45) is 11.3 Å². The van der Waals surface area contributed by atoms with Crippen LogP contribution in [-0.2, 0) is 0 Å². The van der Waals surface area contributed by atoms with E-state index in [0.717, 1.165) is 12.0 Å². The summed E-state index contributed by atoms with van der Waals surface area (Å²) in [5.41, 5.74) is 0.518. The van der Waals surface area contributed by atoms with Gasteiger partial charge in [-0.05, 0) is 56.4 Å². The minimum atomic E-state index is 0.518. The molecule has 0 aromatic heterocycles. The second-order valence-corrected chi connectivity index (χ2v) is 7.04. The first-order chi connectivity index (χ1) is 9.21. The maximum Gasteiger partial charge on any atom is 0.00684 e. The maximum atomic E-state index is 3.78. The van der Waals surface area contributed by atoms with E-state index in [2.05, 4.69) is 31.0 Å². The van der Waals surface area contributed by atoms with Gasteiger partial charge in [-0.1, -0.05) is 27.2 Å². The van der Waals surface area contributed by atoms with E-state index in [1.54, 1.807) is 0 Å². The molecule has 1 saturated carbocycles. The molecule has 1 aliphatic carbocycles. The Balaban J connectivity index is 1.81. The van der Waals surface area contributed by atoms with Crippen molar-refractivity contribution in [1.29, 1.82) is 0 Å². The molecule has 0 spiro atoms. The lowest BCUT2D eigenvalue weighted by Crippen LogP contribution is -2.43. The summed E-state index contributed by atoms with van der Waals surface area (Å²) >= 11 is 0. The smallest absolute Gasteiger partial charge is 0.00684 e. The lowest BCUT2D eigenvalue weighted by Gasteiger charge is -2.36. The highest BCUT2D eigenvalue weighted by atomic mass is 15.2. The standard InChI is InChI=1S/C17H34N2/c1-4-7-15-10-11-19(12-15)14-17(5-2,6-3)13-18-16-8-9-16/h15-16,18H,4-14H2,1-3H3. The predicted molar refractivity (Wildman–Crippen MR) is 83.5 cm³/mol. The molecule has 1 N–H and O–H groups in total. The molecule has 112 valence electrons. The molecule has 2 fully saturated rings. The summed E-state index contributed by atoms with van der Waals surface area (Å²) in [5, 5.41) is 3.78. The normalized spacial score (nSPS) is 25.1. The number of nitrogens with zero attached hydrogens (tertiary/aromatic N) is 1. The van der Waals surface area contributed by atoms with Crippen LogP contribution in [0.25, 0.3) is 0 Å². The first-order valence-corrected chi connectivity index (χ1v) is 8.67. The first kappa shape index (κ1) is 15.3. The molecule has 1 heterocycles. The molecule has 1 saturated heterocycles. The van der Waals surface area contributed by atoms with E-state index in [1.807, 2.05) is 0 Å². The highest BCUT2D eigenvalue weighted by Gasteiger charge is 2.33. The van der Waals surface area contributed by atoms with Gasteiger partial charge in [-0.2, -0.15) is 0 Å². The summed E-state index contributed by atoms with van der Waals surface area (Å²) < 4.78 is 0. The van der Waals surface area contributed by atoms with Crippen molar-refractivity contribution < 1.29 is 0 Å². The molecule has 2 rings (SSSR count). The molecular formula is C17H34N2. The van der Waals surface area contributed by atoms with Gasteiger partial charge in [0.2, 0.25) is 0 Å². The van der Waals surface area contributed by atoms with Crippen LogP contribution < -0.4 is 5.32 Å². The van der Waals surface area contributed by atoms with Gasteiger partial charge in [0.05, 0.1) is 0 Å². The lowest BCUT2D eigenvalue weighted by atomic mass is 9.81. The molecule has 19 heavy (non-hydrogen) atoms. The second-order valence-electron chi connectivity index (χ2n) is 7.04. The third kappa shape index (κ3) is 4.46. The molecule has 1 atom stereocenters. The van der Waals surface area contributed by atoms with Crippen molar-refractivity contribution >= 4 is 0 Å². The number of hydrogen-bond acceptors (Lipinski definition) is 2. The van der Waals surface area contributed by atoms with Crippen molar-refractivity contribution in [1.82, 2.24) is 10.2 Å². The van der Waals surface area contributed by atoms with Crippen LogP contribution in [-0.4, -0.2) is 37.1 Å². The fourth-order valence-electron chi connectivity index (χ4n) is 3.60. The molecule has 1 aliphatic heterocycles. The summed E-state index contributed by atoms with van der Waals surface area (Å²) in [6.07, 6.45) is 9.68. The summed E-state index contributed by atoms with van der Waals surface area (Å²) in [7, 11) is 0. The van der Waals surface area contributed by atoms with E-state index < -0.39 is 0 Å². The SMILES string of the molecule is CCCC1CCN(CC(CC)(CC)CNC2CC2)C1. The predicted octanol–water partition coefficient (Wildman–Crippen LogP) is 3.67. The molecule has 2 nitrogen and oxygen atoms in total. The highest BCUT2D eigenvalue weighted by molar-refractivity contribution is 4.90. The summed E-state index contributed by atoms with van der Waals surface area (Å²) in [6, 6.07) is 0.851. The average molecular weight is 266 g/mol. The Hall–Kier alpha value is -0.0800. The number of hydrogen-bond donors (Lipinski definition) is 1. The number of likely N-dealkylation sites (tertiary alicyclic amines) is 1. The molecular weight excluding hydrogens is 232 g/mol. The van der Waals surface area contributed by atoms with Crippen LogP contribution in [0.15, 0.2) is 0 Å². The van der Waals surface area contributed by atoms with E-state index in [9.17, 15) is 0 Å². The van der Waals surface area contributed by atoms with Crippen molar-refractivity contribution in [3.63, 3.8) is 0 Å². The Kier molecular flexibility index (Phi) is 5.70. The molecule has 0 aromatic rings. The fourth-order valence-corrected chi connectivity index (χ4v) is 3.60. The molecule has 2 heteroatoms. The first-order valence-electron chi connectivity index (χ1n) is 8.67. The fraction of sp³-hybridized carbons (Fsp3) is 1.00. The Labute approximate surface area is 120 Å². The van der Waals surface area contributed by atoms with Gasteiger partial charge in [0.15, 0.2) is 0 Å². The van der Waals surface area contributed by atoms with Crippen LogP contribution in [0.5, 0.6) is 0 Å². The maximum absolute atomic E-state index is 3.78. The van der Waals surface area contributed by atoms with Crippen molar-refractivity contribution in [3.05, 3.63) is 0 Å². The third-order valence-corrected chi connectivity index (χ3v) is 5.47. The summed E-state index contributed by atoms with van der Waals surface area (Å²) in [5.74, 6) is 0.979. The molecule has 0 radical (unpaired) electrons. The Morgan fingerprint density at radius 2 is 1.84 bits per heavy atom. The van der Waals surface area contributed by atoms with E-state index in [-0.39, 0.29) is 0 Å². The second kappa shape index (κ2) is 7.08. The zero-order chi connectivity index (χ0) is 13.7. The summed E-state index contributed by atoms with van der Waals surface area (Å²) in [6.45, 7) is 12.4. The average Bonchev–Trinajstić information content (AvgIpc) is 3.16.